The molecule has 1 aliphatic heterocycles. The van der Waals surface area contributed by atoms with Crippen LogP contribution in [0.4, 0.5) is 5.95 Å². The molecule has 17 heavy (non-hydrogen) atoms. The maximum Gasteiger partial charge on any atom is 0.236 e. The van der Waals surface area contributed by atoms with E-state index in [1.807, 2.05) is 0 Å². The van der Waals surface area contributed by atoms with Crippen molar-refractivity contribution in [1.82, 2.24) is 14.9 Å². The van der Waals surface area contributed by atoms with Gasteiger partial charge in [-0.15, -0.1) is 0 Å². The van der Waals surface area contributed by atoms with Gasteiger partial charge in [0.2, 0.25) is 11.9 Å². The summed E-state index contributed by atoms with van der Waals surface area (Å²) in [4.78, 5) is 23.7. The van der Waals surface area contributed by atoms with Crippen LogP contribution in [0.15, 0.2) is 16.9 Å². The second kappa shape index (κ2) is 5.42. The van der Waals surface area contributed by atoms with Gasteiger partial charge in [0, 0.05) is 38.6 Å². The second-order valence-electron chi connectivity index (χ2n) is 3.77. The molecule has 1 aromatic rings. The molecule has 0 saturated carbocycles. The number of hydrogen-bond acceptors (Lipinski definition) is 5. The zero-order chi connectivity index (χ0) is 12.3. The number of piperazine rings is 1. The second-order valence-corrected chi connectivity index (χ2v) is 4.69. The third kappa shape index (κ3) is 2.92. The molecule has 1 fully saturated rings. The van der Waals surface area contributed by atoms with E-state index in [1.165, 1.54) is 0 Å². The Bertz CT molecular complexity index is 388. The number of aromatic nitrogens is 2. The van der Waals surface area contributed by atoms with Gasteiger partial charge in [-0.3, -0.25) is 4.79 Å². The van der Waals surface area contributed by atoms with E-state index in [0.29, 0.717) is 19.0 Å². The van der Waals surface area contributed by atoms with Crippen LogP contribution >= 0.6 is 15.9 Å². The maximum atomic E-state index is 11.4. The third-order valence-electron chi connectivity index (χ3n) is 2.70. The summed E-state index contributed by atoms with van der Waals surface area (Å²) >= 11 is 3.30. The van der Waals surface area contributed by atoms with Crippen molar-refractivity contribution < 1.29 is 4.79 Å². The predicted octanol–water partition coefficient (Wildman–Crippen LogP) is -0.154. The van der Waals surface area contributed by atoms with Gasteiger partial charge in [0.05, 0.1) is 11.0 Å². The quantitative estimate of drug-likeness (QED) is 0.822. The SMILES string of the molecule is NCC(=O)N1CCN(c2ncc(Br)cn2)CC1. The van der Waals surface area contributed by atoms with E-state index in [0.717, 1.165) is 17.6 Å². The Balaban J connectivity index is 1.95. The van der Waals surface area contributed by atoms with E-state index in [1.54, 1.807) is 17.3 Å². The number of carbonyl (C=O) groups excluding carboxylic acids is 1. The highest BCUT2D eigenvalue weighted by atomic mass is 79.9. The largest absolute Gasteiger partial charge is 0.338 e. The molecule has 0 aromatic carbocycles. The summed E-state index contributed by atoms with van der Waals surface area (Å²) in [5, 5.41) is 0. The number of halogens is 1. The summed E-state index contributed by atoms with van der Waals surface area (Å²) in [5.74, 6) is 0.703. The zero-order valence-electron chi connectivity index (χ0n) is 9.34. The smallest absolute Gasteiger partial charge is 0.236 e. The summed E-state index contributed by atoms with van der Waals surface area (Å²) in [6.45, 7) is 2.92. The molecule has 92 valence electrons. The van der Waals surface area contributed by atoms with Crippen LogP contribution < -0.4 is 10.6 Å². The maximum absolute atomic E-state index is 11.4. The summed E-state index contributed by atoms with van der Waals surface area (Å²) in [7, 11) is 0. The molecule has 2 rings (SSSR count). The highest BCUT2D eigenvalue weighted by Crippen LogP contribution is 2.13. The van der Waals surface area contributed by atoms with Gasteiger partial charge in [-0.1, -0.05) is 0 Å². The number of hydrogen-bond donors (Lipinski definition) is 1. The molecule has 2 heterocycles. The van der Waals surface area contributed by atoms with Gasteiger partial charge >= 0.3 is 0 Å². The van der Waals surface area contributed by atoms with Gasteiger partial charge in [-0.05, 0) is 15.9 Å². The zero-order valence-corrected chi connectivity index (χ0v) is 10.9. The fourth-order valence-electron chi connectivity index (χ4n) is 1.75. The lowest BCUT2D eigenvalue weighted by molar-refractivity contribution is -0.129. The topological polar surface area (TPSA) is 75.4 Å². The van der Waals surface area contributed by atoms with Crippen LogP contribution in [0.3, 0.4) is 0 Å². The minimum absolute atomic E-state index is 0.00127. The van der Waals surface area contributed by atoms with Gasteiger partial charge in [-0.2, -0.15) is 0 Å². The van der Waals surface area contributed by atoms with Crippen molar-refractivity contribution in [2.45, 2.75) is 0 Å². The number of carbonyl (C=O) groups is 1. The van der Waals surface area contributed by atoms with Gasteiger partial charge < -0.3 is 15.5 Å². The molecule has 1 aromatic heterocycles. The first-order valence-electron chi connectivity index (χ1n) is 5.41. The molecule has 0 bridgehead atoms. The Hall–Kier alpha value is -1.21. The summed E-state index contributed by atoms with van der Waals surface area (Å²) in [6.07, 6.45) is 3.44. The molecule has 7 heteroatoms. The van der Waals surface area contributed by atoms with E-state index in [9.17, 15) is 4.79 Å². The Kier molecular flexibility index (Phi) is 3.90. The van der Waals surface area contributed by atoms with Crippen molar-refractivity contribution in [3.05, 3.63) is 16.9 Å². The van der Waals surface area contributed by atoms with Crippen LogP contribution in [0.1, 0.15) is 0 Å². The molecule has 1 amide bonds. The Morgan fingerprint density at radius 2 is 1.88 bits per heavy atom. The van der Waals surface area contributed by atoms with Crippen LogP contribution in [0.2, 0.25) is 0 Å². The van der Waals surface area contributed by atoms with Crippen molar-refractivity contribution in [3.63, 3.8) is 0 Å². The summed E-state index contributed by atoms with van der Waals surface area (Å²) < 4.78 is 0.859. The fraction of sp³-hybridized carbons (Fsp3) is 0.500. The molecule has 1 saturated heterocycles. The number of nitrogens with two attached hydrogens (primary N) is 1. The highest BCUT2D eigenvalue weighted by molar-refractivity contribution is 9.10. The number of anilines is 1. The van der Waals surface area contributed by atoms with E-state index in [2.05, 4.69) is 30.8 Å². The minimum Gasteiger partial charge on any atom is -0.338 e. The molecule has 6 nitrogen and oxygen atoms in total. The van der Waals surface area contributed by atoms with Crippen molar-refractivity contribution in [3.8, 4) is 0 Å². The minimum atomic E-state index is 0.00127. The van der Waals surface area contributed by atoms with Crippen LogP contribution in [0.25, 0.3) is 0 Å². The Morgan fingerprint density at radius 3 is 2.41 bits per heavy atom. The van der Waals surface area contributed by atoms with Crippen LogP contribution in [-0.4, -0.2) is 53.5 Å². The van der Waals surface area contributed by atoms with Crippen molar-refractivity contribution in [2.24, 2.45) is 5.73 Å². The van der Waals surface area contributed by atoms with E-state index in [-0.39, 0.29) is 12.5 Å². The van der Waals surface area contributed by atoms with Gasteiger partial charge in [0.15, 0.2) is 0 Å². The molecular weight excluding hydrogens is 286 g/mol. The molecular formula is C10H14BrN5O. The monoisotopic (exact) mass is 299 g/mol. The van der Waals surface area contributed by atoms with Gasteiger partial charge in [0.25, 0.3) is 0 Å². The Morgan fingerprint density at radius 1 is 1.29 bits per heavy atom. The summed E-state index contributed by atoms with van der Waals surface area (Å²) in [6, 6.07) is 0. The fourth-order valence-corrected chi connectivity index (χ4v) is 1.96. The third-order valence-corrected chi connectivity index (χ3v) is 3.11. The first-order chi connectivity index (χ1) is 8.20. The number of amides is 1. The average molecular weight is 300 g/mol. The molecule has 0 unspecified atom stereocenters. The molecule has 0 atom stereocenters. The van der Waals surface area contributed by atoms with Crippen molar-refractivity contribution in [2.75, 3.05) is 37.6 Å². The van der Waals surface area contributed by atoms with Crippen molar-refractivity contribution in [1.29, 1.82) is 0 Å². The first kappa shape index (κ1) is 12.3. The Labute approximate surface area is 108 Å². The molecule has 1 aliphatic rings. The molecule has 0 aliphatic carbocycles. The highest BCUT2D eigenvalue weighted by Gasteiger charge is 2.21. The van der Waals surface area contributed by atoms with E-state index >= 15 is 0 Å². The predicted molar refractivity (Wildman–Crippen MR) is 67.6 cm³/mol. The number of rotatable bonds is 2. The van der Waals surface area contributed by atoms with E-state index < -0.39 is 0 Å². The lowest BCUT2D eigenvalue weighted by Gasteiger charge is -2.34. The van der Waals surface area contributed by atoms with Crippen LogP contribution in [0, 0.1) is 0 Å². The van der Waals surface area contributed by atoms with Crippen LogP contribution in [0.5, 0.6) is 0 Å². The normalized spacial score (nSPS) is 16.1. The molecule has 0 spiro atoms. The lowest BCUT2D eigenvalue weighted by atomic mass is 10.3. The van der Waals surface area contributed by atoms with Gasteiger partial charge in [-0.25, -0.2) is 9.97 Å². The number of nitrogens with zero attached hydrogens (tertiary/aromatic N) is 4. The molecule has 2 N–H and O–H groups in total. The standard InChI is InChI=1S/C10H14BrN5O/c11-8-6-13-10(14-7-8)16-3-1-15(2-4-16)9(17)5-12/h6-7H,1-5,12H2. The van der Waals surface area contributed by atoms with Gasteiger partial charge in [0.1, 0.15) is 0 Å². The lowest BCUT2D eigenvalue weighted by Crippen LogP contribution is -2.50. The molecule has 0 radical (unpaired) electrons. The first-order valence-corrected chi connectivity index (χ1v) is 6.20. The van der Waals surface area contributed by atoms with Crippen molar-refractivity contribution >= 4 is 27.8 Å². The summed E-state index contributed by atoms with van der Waals surface area (Å²) in [5.41, 5.74) is 5.33. The van der Waals surface area contributed by atoms with E-state index in [4.69, 9.17) is 5.73 Å². The van der Waals surface area contributed by atoms with Crippen LogP contribution in [-0.2, 0) is 4.79 Å². The average Bonchev–Trinajstić information content (AvgIpc) is 2.39.